The number of carbonyl (C=O) groups is 2. The number of nitrogens with zero attached hydrogens (tertiary/aromatic N) is 1. The van der Waals surface area contributed by atoms with Gasteiger partial charge in [0.05, 0.1) is 29.9 Å². The number of benzene rings is 3. The van der Waals surface area contributed by atoms with Gasteiger partial charge in [-0.25, -0.2) is 0 Å². The van der Waals surface area contributed by atoms with Crippen LogP contribution in [0.2, 0.25) is 0 Å². The van der Waals surface area contributed by atoms with Crippen LogP contribution < -0.4 is 31.2 Å². The minimum absolute atomic E-state index is 0.0720. The van der Waals surface area contributed by atoms with Gasteiger partial charge < -0.3 is 31.2 Å². The number of anilines is 1. The predicted molar refractivity (Wildman–Crippen MR) is 215 cm³/mol. The molecule has 4 rings (SSSR count). The van der Waals surface area contributed by atoms with Gasteiger partial charge in [-0.05, 0) is 81.5 Å². The smallest absolute Gasteiger partial charge is 0.255 e. The molecule has 0 aliphatic heterocycles. The standard InChI is InChI=1S/C26H33N3O2.C17H28N2O2/c1-2-3-4-11-20-31-25-15-8-6-13-22(25)26(30)29-18-10-9-17-27-24-16-19-28-23-14-7-5-12-21(23)24;1-2-3-4-9-14-21-16-11-6-5-10-15(16)17(20)19-13-8-7-12-18/h5-8,12-16,19H,2-4,9-11,17-18,20H2,1H3,(H,27,28)(H,29,30);5-6,10-11H,2-4,7-9,12-14,18H2,1H3,(H,19,20). The zero-order valence-corrected chi connectivity index (χ0v) is 31.5. The molecular formula is C43H61N5O4. The van der Waals surface area contributed by atoms with Crippen molar-refractivity contribution in [2.45, 2.75) is 90.9 Å². The second-order valence-corrected chi connectivity index (χ2v) is 12.8. The number of ether oxygens (including phenoxy) is 2. The SMILES string of the molecule is CCCCCCOc1ccccc1C(=O)NCCCCN.CCCCCCOc1ccccc1C(=O)NCCCCNc1ccnc2ccccc12. The summed E-state index contributed by atoms with van der Waals surface area (Å²) in [6.45, 7) is 8.50. The van der Waals surface area contributed by atoms with Gasteiger partial charge in [0.2, 0.25) is 0 Å². The Kier molecular flexibility index (Phi) is 21.0. The molecule has 52 heavy (non-hydrogen) atoms. The molecule has 3 aromatic carbocycles. The van der Waals surface area contributed by atoms with Crippen LogP contribution in [0.15, 0.2) is 85.1 Å². The molecule has 0 saturated heterocycles. The summed E-state index contributed by atoms with van der Waals surface area (Å²) >= 11 is 0. The third-order valence-corrected chi connectivity index (χ3v) is 8.54. The fourth-order valence-corrected chi connectivity index (χ4v) is 5.57. The molecule has 9 nitrogen and oxygen atoms in total. The van der Waals surface area contributed by atoms with E-state index in [0.717, 1.165) is 68.1 Å². The minimum Gasteiger partial charge on any atom is -0.493 e. The molecule has 1 aromatic heterocycles. The number of carbonyl (C=O) groups excluding carboxylic acids is 2. The van der Waals surface area contributed by atoms with Gasteiger partial charge in [-0.2, -0.15) is 0 Å². The van der Waals surface area contributed by atoms with Crippen molar-refractivity contribution in [1.29, 1.82) is 0 Å². The van der Waals surface area contributed by atoms with Crippen molar-refractivity contribution in [1.82, 2.24) is 15.6 Å². The Balaban J connectivity index is 0.000000304. The molecule has 5 N–H and O–H groups in total. The highest BCUT2D eigenvalue weighted by Crippen LogP contribution is 2.22. The maximum absolute atomic E-state index is 12.6. The summed E-state index contributed by atoms with van der Waals surface area (Å²) in [5, 5.41) is 10.5. The van der Waals surface area contributed by atoms with E-state index in [1.807, 2.05) is 72.9 Å². The van der Waals surface area contributed by atoms with Gasteiger partial charge >= 0.3 is 0 Å². The van der Waals surface area contributed by atoms with E-state index in [1.54, 1.807) is 6.07 Å². The molecule has 0 unspecified atom stereocenters. The number of nitrogens with one attached hydrogen (secondary N) is 3. The Labute approximate surface area is 311 Å². The van der Waals surface area contributed by atoms with Crippen molar-refractivity contribution < 1.29 is 19.1 Å². The normalized spacial score (nSPS) is 10.6. The number of pyridine rings is 1. The Morgan fingerprint density at radius 1 is 0.596 bits per heavy atom. The second kappa shape index (κ2) is 26.2. The van der Waals surface area contributed by atoms with Crippen LogP contribution in [0.3, 0.4) is 0 Å². The summed E-state index contributed by atoms with van der Waals surface area (Å²) in [4.78, 5) is 29.1. The molecule has 2 amide bonds. The average molecular weight is 712 g/mol. The first-order chi connectivity index (χ1) is 25.6. The monoisotopic (exact) mass is 711 g/mol. The van der Waals surface area contributed by atoms with Gasteiger partial charge in [0.1, 0.15) is 11.5 Å². The van der Waals surface area contributed by atoms with Crippen LogP contribution >= 0.6 is 0 Å². The van der Waals surface area contributed by atoms with Crippen LogP contribution in [0.5, 0.6) is 11.5 Å². The fraction of sp³-hybridized carbons (Fsp3) is 0.465. The van der Waals surface area contributed by atoms with E-state index >= 15 is 0 Å². The molecule has 1 heterocycles. The van der Waals surface area contributed by atoms with Crippen molar-refractivity contribution in [2.75, 3.05) is 44.7 Å². The molecule has 0 saturated carbocycles. The summed E-state index contributed by atoms with van der Waals surface area (Å²) < 4.78 is 11.6. The van der Waals surface area contributed by atoms with Crippen LogP contribution in [0, 0.1) is 0 Å². The van der Waals surface area contributed by atoms with E-state index in [9.17, 15) is 9.59 Å². The summed E-state index contributed by atoms with van der Waals surface area (Å²) in [5.74, 6) is 1.20. The predicted octanol–water partition coefficient (Wildman–Crippen LogP) is 8.93. The third-order valence-electron chi connectivity index (χ3n) is 8.54. The lowest BCUT2D eigenvalue weighted by atomic mass is 10.1. The van der Waals surface area contributed by atoms with Crippen molar-refractivity contribution >= 4 is 28.4 Å². The van der Waals surface area contributed by atoms with Gasteiger partial charge in [-0.1, -0.05) is 94.8 Å². The van der Waals surface area contributed by atoms with Crippen LogP contribution in [0.25, 0.3) is 10.9 Å². The first-order valence-electron chi connectivity index (χ1n) is 19.4. The van der Waals surface area contributed by atoms with E-state index in [1.165, 1.54) is 32.1 Å². The quantitative estimate of drug-likeness (QED) is 0.0535. The third kappa shape index (κ3) is 15.7. The lowest BCUT2D eigenvalue weighted by Crippen LogP contribution is -2.25. The Bertz CT molecular complexity index is 1570. The summed E-state index contributed by atoms with van der Waals surface area (Å²) in [6, 6.07) is 25.0. The number of amides is 2. The molecule has 0 aliphatic carbocycles. The number of nitrogens with two attached hydrogens (primary N) is 1. The van der Waals surface area contributed by atoms with E-state index in [4.69, 9.17) is 15.2 Å². The van der Waals surface area contributed by atoms with Gasteiger partial charge in [-0.3, -0.25) is 14.6 Å². The molecule has 0 fully saturated rings. The topological polar surface area (TPSA) is 128 Å². The number of aromatic nitrogens is 1. The van der Waals surface area contributed by atoms with Crippen molar-refractivity contribution in [3.63, 3.8) is 0 Å². The highest BCUT2D eigenvalue weighted by molar-refractivity contribution is 5.97. The van der Waals surface area contributed by atoms with Crippen molar-refractivity contribution in [2.24, 2.45) is 5.73 Å². The fourth-order valence-electron chi connectivity index (χ4n) is 5.57. The second-order valence-electron chi connectivity index (χ2n) is 12.8. The number of unbranched alkanes of at least 4 members (excludes halogenated alkanes) is 8. The molecule has 4 aromatic rings. The summed E-state index contributed by atoms with van der Waals surface area (Å²) in [6.07, 6.45) is 14.8. The zero-order valence-electron chi connectivity index (χ0n) is 31.5. The van der Waals surface area contributed by atoms with Gasteiger partial charge in [-0.15, -0.1) is 0 Å². The summed E-state index contributed by atoms with van der Waals surface area (Å²) in [5.41, 5.74) is 8.75. The lowest BCUT2D eigenvalue weighted by Gasteiger charge is -2.12. The maximum Gasteiger partial charge on any atom is 0.255 e. The Hall–Kier alpha value is -4.63. The Morgan fingerprint density at radius 3 is 1.69 bits per heavy atom. The van der Waals surface area contributed by atoms with Crippen LogP contribution in [0.1, 0.15) is 112 Å². The molecule has 282 valence electrons. The zero-order chi connectivity index (χ0) is 37.1. The van der Waals surface area contributed by atoms with E-state index in [-0.39, 0.29) is 11.8 Å². The highest BCUT2D eigenvalue weighted by Gasteiger charge is 2.12. The number of hydrogen-bond donors (Lipinski definition) is 4. The molecule has 0 atom stereocenters. The number of fused-ring (bicyclic) bond motifs is 1. The number of rotatable bonds is 24. The van der Waals surface area contributed by atoms with Crippen molar-refractivity contribution in [3.05, 3.63) is 96.2 Å². The van der Waals surface area contributed by atoms with Gasteiger partial charge in [0.15, 0.2) is 0 Å². The molecule has 0 bridgehead atoms. The van der Waals surface area contributed by atoms with E-state index in [2.05, 4.69) is 40.8 Å². The molecule has 0 spiro atoms. The average Bonchev–Trinajstić information content (AvgIpc) is 3.18. The first kappa shape index (κ1) is 41.8. The maximum atomic E-state index is 12.6. The van der Waals surface area contributed by atoms with Crippen LogP contribution in [-0.2, 0) is 0 Å². The van der Waals surface area contributed by atoms with Crippen molar-refractivity contribution in [3.8, 4) is 11.5 Å². The molecule has 9 heteroatoms. The van der Waals surface area contributed by atoms with E-state index < -0.39 is 0 Å². The highest BCUT2D eigenvalue weighted by atomic mass is 16.5. The number of para-hydroxylation sites is 3. The Morgan fingerprint density at radius 2 is 1.12 bits per heavy atom. The van der Waals surface area contributed by atoms with Crippen LogP contribution in [0.4, 0.5) is 5.69 Å². The molecule has 0 aliphatic rings. The lowest BCUT2D eigenvalue weighted by molar-refractivity contribution is 0.0940. The number of hydrogen-bond acceptors (Lipinski definition) is 7. The summed E-state index contributed by atoms with van der Waals surface area (Å²) in [7, 11) is 0. The first-order valence-corrected chi connectivity index (χ1v) is 19.4. The van der Waals surface area contributed by atoms with Gasteiger partial charge in [0.25, 0.3) is 11.8 Å². The van der Waals surface area contributed by atoms with E-state index in [0.29, 0.717) is 55.5 Å². The molecular weight excluding hydrogens is 651 g/mol. The van der Waals surface area contributed by atoms with Crippen LogP contribution in [-0.4, -0.2) is 56.2 Å². The van der Waals surface area contributed by atoms with Gasteiger partial charge in [0, 0.05) is 36.9 Å². The molecule has 0 radical (unpaired) electrons. The largest absolute Gasteiger partial charge is 0.493 e. The minimum atomic E-state index is -0.0730.